The van der Waals surface area contributed by atoms with E-state index in [2.05, 4.69) is 4.74 Å². The number of carboxylic acids is 1. The van der Waals surface area contributed by atoms with E-state index in [1.165, 1.54) is 12.1 Å². The standard InChI is InChI=1S/C16H22F2O3/c1-9(2)12-6-11(21-16(5,17)18)7-13(10(3)4)14(12)8-15(19)20/h6-7,9-10H,8H2,1-5H3,(H,19,20). The summed E-state index contributed by atoms with van der Waals surface area (Å²) >= 11 is 0. The molecule has 0 saturated heterocycles. The van der Waals surface area contributed by atoms with Crippen molar-refractivity contribution in [2.75, 3.05) is 0 Å². The van der Waals surface area contributed by atoms with Gasteiger partial charge in [0.2, 0.25) is 0 Å². The van der Waals surface area contributed by atoms with Gasteiger partial charge in [0.1, 0.15) is 5.75 Å². The third-order valence-electron chi connectivity index (χ3n) is 3.16. The van der Waals surface area contributed by atoms with Gasteiger partial charge in [-0.2, -0.15) is 8.78 Å². The Kier molecular flexibility index (Phi) is 5.31. The fourth-order valence-corrected chi connectivity index (χ4v) is 2.34. The summed E-state index contributed by atoms with van der Waals surface area (Å²) in [6.07, 6.45) is -3.39. The topological polar surface area (TPSA) is 46.5 Å². The summed E-state index contributed by atoms with van der Waals surface area (Å²) < 4.78 is 30.8. The van der Waals surface area contributed by atoms with Gasteiger partial charge in [-0.1, -0.05) is 27.7 Å². The fraction of sp³-hybridized carbons (Fsp3) is 0.562. The molecular formula is C16H22F2O3. The van der Waals surface area contributed by atoms with Crippen LogP contribution < -0.4 is 4.74 Å². The number of hydrogen-bond acceptors (Lipinski definition) is 2. The molecule has 1 rings (SSSR count). The van der Waals surface area contributed by atoms with E-state index in [1.54, 1.807) is 0 Å². The third kappa shape index (κ3) is 4.99. The quantitative estimate of drug-likeness (QED) is 0.838. The predicted molar refractivity (Wildman–Crippen MR) is 77.2 cm³/mol. The van der Waals surface area contributed by atoms with Crippen LogP contribution >= 0.6 is 0 Å². The number of aliphatic carboxylic acids is 1. The van der Waals surface area contributed by atoms with Gasteiger partial charge >= 0.3 is 12.1 Å². The van der Waals surface area contributed by atoms with E-state index < -0.39 is 12.1 Å². The molecule has 1 aromatic rings. The first-order chi connectivity index (χ1) is 9.51. The van der Waals surface area contributed by atoms with E-state index in [4.69, 9.17) is 5.11 Å². The first-order valence-electron chi connectivity index (χ1n) is 6.96. The van der Waals surface area contributed by atoms with Crippen LogP contribution in [0, 0.1) is 0 Å². The van der Waals surface area contributed by atoms with E-state index in [0.717, 1.165) is 11.1 Å². The zero-order chi connectivity index (χ0) is 16.4. The van der Waals surface area contributed by atoms with Gasteiger partial charge in [-0.15, -0.1) is 0 Å². The molecule has 0 unspecified atom stereocenters. The lowest BCUT2D eigenvalue weighted by Crippen LogP contribution is -2.20. The number of benzene rings is 1. The van der Waals surface area contributed by atoms with Crippen LogP contribution in [-0.2, 0) is 11.2 Å². The zero-order valence-corrected chi connectivity index (χ0v) is 13.0. The summed E-state index contributed by atoms with van der Waals surface area (Å²) in [4.78, 5) is 11.1. The van der Waals surface area contributed by atoms with Crippen LogP contribution in [0.25, 0.3) is 0 Å². The molecule has 21 heavy (non-hydrogen) atoms. The van der Waals surface area contributed by atoms with Gasteiger partial charge in [0, 0.05) is 6.92 Å². The van der Waals surface area contributed by atoms with Crippen molar-refractivity contribution in [2.24, 2.45) is 0 Å². The molecule has 0 amide bonds. The smallest absolute Gasteiger partial charge is 0.394 e. The maximum atomic E-state index is 13.1. The molecule has 0 atom stereocenters. The average molecular weight is 300 g/mol. The molecule has 0 radical (unpaired) electrons. The van der Waals surface area contributed by atoms with Crippen molar-refractivity contribution in [2.45, 2.75) is 59.0 Å². The first kappa shape index (κ1) is 17.4. The van der Waals surface area contributed by atoms with E-state index in [1.807, 2.05) is 27.7 Å². The molecule has 0 aliphatic carbocycles. The highest BCUT2D eigenvalue weighted by molar-refractivity contribution is 5.72. The fourth-order valence-electron chi connectivity index (χ4n) is 2.34. The van der Waals surface area contributed by atoms with Gasteiger partial charge in [0.25, 0.3) is 0 Å². The minimum Gasteiger partial charge on any atom is -0.481 e. The normalized spacial score (nSPS) is 12.0. The Morgan fingerprint density at radius 1 is 1.19 bits per heavy atom. The molecule has 0 aliphatic rings. The lowest BCUT2D eigenvalue weighted by molar-refractivity contribution is -0.159. The molecular weight excluding hydrogens is 278 g/mol. The highest BCUT2D eigenvalue weighted by atomic mass is 19.3. The van der Waals surface area contributed by atoms with Gasteiger partial charge < -0.3 is 9.84 Å². The largest absolute Gasteiger partial charge is 0.481 e. The average Bonchev–Trinajstić information content (AvgIpc) is 2.27. The maximum Gasteiger partial charge on any atom is 0.394 e. The zero-order valence-electron chi connectivity index (χ0n) is 13.0. The Labute approximate surface area is 123 Å². The van der Waals surface area contributed by atoms with Gasteiger partial charge in [0.15, 0.2) is 0 Å². The molecule has 0 aliphatic heterocycles. The lowest BCUT2D eigenvalue weighted by Gasteiger charge is -2.22. The number of hydrogen-bond donors (Lipinski definition) is 1. The van der Waals surface area contributed by atoms with Crippen molar-refractivity contribution in [1.82, 2.24) is 0 Å². The second-order valence-electron chi connectivity index (χ2n) is 5.87. The number of carboxylic acid groups (broad SMARTS) is 1. The van der Waals surface area contributed by atoms with Crippen molar-refractivity contribution in [1.29, 1.82) is 0 Å². The Morgan fingerprint density at radius 2 is 1.62 bits per heavy atom. The summed E-state index contributed by atoms with van der Waals surface area (Å²) in [5, 5.41) is 9.08. The SMILES string of the molecule is CC(C)c1cc(OC(C)(F)F)cc(C(C)C)c1CC(=O)O. The molecule has 0 saturated carbocycles. The molecule has 3 nitrogen and oxygen atoms in total. The molecule has 1 N–H and O–H groups in total. The second kappa shape index (κ2) is 6.41. The van der Waals surface area contributed by atoms with Crippen LogP contribution in [0.4, 0.5) is 8.78 Å². The number of ether oxygens (including phenoxy) is 1. The number of alkyl halides is 2. The van der Waals surface area contributed by atoms with Gasteiger partial charge in [-0.05, 0) is 40.7 Å². The summed E-state index contributed by atoms with van der Waals surface area (Å²) in [6, 6.07) is 3.04. The van der Waals surface area contributed by atoms with Crippen molar-refractivity contribution in [3.63, 3.8) is 0 Å². The summed E-state index contributed by atoms with van der Waals surface area (Å²) in [5.41, 5.74) is 2.17. The lowest BCUT2D eigenvalue weighted by atomic mass is 9.87. The molecule has 0 bridgehead atoms. The van der Waals surface area contributed by atoms with E-state index in [9.17, 15) is 13.6 Å². The van der Waals surface area contributed by atoms with Crippen LogP contribution in [0.2, 0.25) is 0 Å². The molecule has 1 aromatic carbocycles. The summed E-state index contributed by atoms with van der Waals surface area (Å²) in [5.74, 6) is -0.825. The van der Waals surface area contributed by atoms with Crippen molar-refractivity contribution in [3.05, 3.63) is 28.8 Å². The summed E-state index contributed by atoms with van der Waals surface area (Å²) in [7, 11) is 0. The Hall–Kier alpha value is -1.65. The first-order valence-corrected chi connectivity index (χ1v) is 6.96. The van der Waals surface area contributed by atoms with E-state index in [-0.39, 0.29) is 24.0 Å². The molecule has 0 heterocycles. The van der Waals surface area contributed by atoms with Crippen molar-refractivity contribution in [3.8, 4) is 5.75 Å². The molecule has 0 fully saturated rings. The van der Waals surface area contributed by atoms with Crippen molar-refractivity contribution < 1.29 is 23.4 Å². The maximum absolute atomic E-state index is 13.1. The Bertz CT molecular complexity index is 488. The van der Waals surface area contributed by atoms with E-state index >= 15 is 0 Å². The third-order valence-corrected chi connectivity index (χ3v) is 3.16. The molecule has 0 aromatic heterocycles. The molecule has 0 spiro atoms. The summed E-state index contributed by atoms with van der Waals surface area (Å²) in [6.45, 7) is 8.29. The highest BCUT2D eigenvalue weighted by Crippen LogP contribution is 2.34. The minimum absolute atomic E-state index is 0.0193. The van der Waals surface area contributed by atoms with E-state index in [0.29, 0.717) is 12.5 Å². The van der Waals surface area contributed by atoms with Crippen LogP contribution in [0.15, 0.2) is 12.1 Å². The predicted octanol–water partition coefficient (Wildman–Crippen LogP) is 4.55. The van der Waals surface area contributed by atoms with Crippen molar-refractivity contribution >= 4 is 5.97 Å². The van der Waals surface area contributed by atoms with Crippen LogP contribution in [0.3, 0.4) is 0 Å². The van der Waals surface area contributed by atoms with Crippen LogP contribution in [0.1, 0.15) is 63.1 Å². The van der Waals surface area contributed by atoms with Gasteiger partial charge in [-0.3, -0.25) is 4.79 Å². The Morgan fingerprint density at radius 3 is 1.90 bits per heavy atom. The Balaban J connectivity index is 3.44. The van der Waals surface area contributed by atoms with Crippen LogP contribution in [0.5, 0.6) is 5.75 Å². The minimum atomic E-state index is -3.27. The van der Waals surface area contributed by atoms with Gasteiger partial charge in [0.05, 0.1) is 6.42 Å². The second-order valence-corrected chi connectivity index (χ2v) is 5.87. The number of halogens is 2. The molecule has 5 heteroatoms. The van der Waals surface area contributed by atoms with Crippen LogP contribution in [-0.4, -0.2) is 17.2 Å². The highest BCUT2D eigenvalue weighted by Gasteiger charge is 2.25. The number of carbonyl (C=O) groups is 1. The van der Waals surface area contributed by atoms with Gasteiger partial charge in [-0.25, -0.2) is 0 Å². The monoisotopic (exact) mass is 300 g/mol. The number of rotatable bonds is 6. The molecule has 118 valence electrons.